The molecule has 0 aromatic rings. The lowest BCUT2D eigenvalue weighted by Crippen LogP contribution is -2.23. The molecule has 0 saturated heterocycles. The van der Waals surface area contributed by atoms with E-state index in [1.807, 2.05) is 0 Å². The van der Waals surface area contributed by atoms with E-state index in [1.54, 1.807) is 0 Å². The van der Waals surface area contributed by atoms with Crippen molar-refractivity contribution in [2.45, 2.75) is 199 Å². The Kier molecular flexibility index (Phi) is 34.4. The van der Waals surface area contributed by atoms with Crippen LogP contribution in [0.2, 0.25) is 0 Å². The van der Waals surface area contributed by atoms with Gasteiger partial charge in [0.15, 0.2) is 0 Å². The van der Waals surface area contributed by atoms with Crippen LogP contribution in [0.5, 0.6) is 0 Å². The van der Waals surface area contributed by atoms with E-state index in [4.69, 9.17) is 10.5 Å². The van der Waals surface area contributed by atoms with E-state index in [2.05, 4.69) is 16.0 Å². The van der Waals surface area contributed by atoms with Crippen molar-refractivity contribution in [3.63, 3.8) is 0 Å². The Morgan fingerprint density at radius 3 is 1.24 bits per heavy atom. The van der Waals surface area contributed by atoms with E-state index in [1.165, 1.54) is 161 Å². The van der Waals surface area contributed by atoms with Gasteiger partial charge in [0, 0.05) is 13.0 Å². The molecule has 0 bridgehead atoms. The molecule has 0 spiro atoms. The molecule has 0 saturated carbocycles. The third-order valence-electron chi connectivity index (χ3n) is 8.47. The van der Waals surface area contributed by atoms with Crippen molar-refractivity contribution in [3.8, 4) is 0 Å². The van der Waals surface area contributed by atoms with Gasteiger partial charge in [-0.25, -0.2) is 4.57 Å². The molecule has 0 aliphatic carbocycles. The molecule has 45 heavy (non-hydrogen) atoms. The van der Waals surface area contributed by atoms with Crippen LogP contribution >= 0.6 is 7.82 Å². The summed E-state index contributed by atoms with van der Waals surface area (Å²) in [5.41, 5.74) is 5.20. The molecule has 0 amide bonds. The number of phosphoric acid groups is 1. The highest BCUT2D eigenvalue weighted by molar-refractivity contribution is 7.47. The first-order chi connectivity index (χ1) is 21.9. The van der Waals surface area contributed by atoms with E-state index in [-0.39, 0.29) is 25.7 Å². The summed E-state index contributed by atoms with van der Waals surface area (Å²) in [4.78, 5) is 21.2. The second-order valence-electron chi connectivity index (χ2n) is 13.0. The van der Waals surface area contributed by atoms with Crippen LogP contribution in [0.3, 0.4) is 0 Å². The smallest absolute Gasteiger partial charge is 0.463 e. The van der Waals surface area contributed by atoms with Gasteiger partial charge in [0.05, 0.1) is 13.2 Å². The lowest BCUT2D eigenvalue weighted by atomic mass is 10.0. The number of aliphatic hydroxyl groups excluding tert-OH is 1. The predicted molar refractivity (Wildman–Crippen MR) is 187 cm³/mol. The van der Waals surface area contributed by atoms with Gasteiger partial charge in [0.25, 0.3) is 0 Å². The first-order valence-corrected chi connectivity index (χ1v) is 20.6. The summed E-state index contributed by atoms with van der Waals surface area (Å²) in [5.74, 6) is -0.379. The van der Waals surface area contributed by atoms with Crippen LogP contribution in [0.1, 0.15) is 193 Å². The van der Waals surface area contributed by atoms with Crippen molar-refractivity contribution in [2.75, 3.05) is 26.4 Å². The molecule has 0 radical (unpaired) electrons. The Morgan fingerprint density at radius 2 is 0.911 bits per heavy atom. The Morgan fingerprint density at radius 1 is 0.578 bits per heavy atom. The molecule has 2 unspecified atom stereocenters. The number of nitrogens with two attached hydrogens (primary N) is 1. The van der Waals surface area contributed by atoms with Crippen LogP contribution < -0.4 is 5.73 Å². The van der Waals surface area contributed by atoms with E-state index in [0.717, 1.165) is 19.3 Å². The number of hydrogen-bond donors (Lipinski definition) is 3. The Labute approximate surface area is 277 Å². The minimum Gasteiger partial charge on any atom is -0.463 e. The molecule has 270 valence electrons. The van der Waals surface area contributed by atoms with Gasteiger partial charge in [0.1, 0.15) is 12.7 Å². The highest BCUT2D eigenvalue weighted by atomic mass is 31.2. The Balaban J connectivity index is 3.25. The lowest BCUT2D eigenvalue weighted by molar-refractivity contribution is -0.147. The summed E-state index contributed by atoms with van der Waals surface area (Å²) >= 11 is 0. The van der Waals surface area contributed by atoms with Gasteiger partial charge in [0.2, 0.25) is 0 Å². The van der Waals surface area contributed by atoms with E-state index in [9.17, 15) is 19.4 Å². The van der Waals surface area contributed by atoms with Crippen molar-refractivity contribution in [3.05, 3.63) is 0 Å². The van der Waals surface area contributed by atoms with Crippen LogP contribution in [0, 0.1) is 0 Å². The topological polar surface area (TPSA) is 128 Å². The molecule has 0 heterocycles. The number of carbonyl (C=O) groups excluding carboxylic acids is 1. The average Bonchev–Trinajstić information content (AvgIpc) is 3.03. The maximum atomic E-state index is 11.8. The first-order valence-electron chi connectivity index (χ1n) is 19.1. The van der Waals surface area contributed by atoms with Crippen molar-refractivity contribution in [1.29, 1.82) is 0 Å². The van der Waals surface area contributed by atoms with Crippen LogP contribution in [-0.2, 0) is 23.1 Å². The minimum absolute atomic E-state index is 0.0771. The van der Waals surface area contributed by atoms with Gasteiger partial charge in [-0.05, 0) is 6.42 Å². The molecule has 0 aromatic carbocycles. The van der Waals surface area contributed by atoms with Crippen molar-refractivity contribution >= 4 is 13.8 Å². The standard InChI is InChI=1S/C36H74NO7P/c1-2-3-4-5-6-7-8-9-10-11-12-13-14-15-16-17-18-19-20-21-22-23-24-25-26-27-28-29-30-36(39)42-33-35(38)34-44-45(40,41)43-32-31-37/h35,38H,2-34,37H2,1H3,(H,40,41). The third-order valence-corrected chi connectivity index (χ3v) is 9.46. The minimum atomic E-state index is -4.25. The molecule has 0 aliphatic heterocycles. The molecule has 8 nitrogen and oxygen atoms in total. The van der Waals surface area contributed by atoms with E-state index >= 15 is 0 Å². The second kappa shape index (κ2) is 34.8. The highest BCUT2D eigenvalue weighted by Crippen LogP contribution is 2.42. The number of esters is 1. The molecule has 0 fully saturated rings. The number of aliphatic hydroxyl groups is 1. The van der Waals surface area contributed by atoms with Gasteiger partial charge in [-0.3, -0.25) is 13.8 Å². The number of phosphoric ester groups is 1. The van der Waals surface area contributed by atoms with Gasteiger partial charge in [-0.2, -0.15) is 0 Å². The van der Waals surface area contributed by atoms with Gasteiger partial charge in [-0.1, -0.05) is 180 Å². The fraction of sp³-hybridized carbons (Fsp3) is 0.972. The average molecular weight is 664 g/mol. The monoisotopic (exact) mass is 664 g/mol. The Hall–Kier alpha value is -0.500. The maximum absolute atomic E-state index is 11.8. The summed E-state index contributed by atoms with van der Waals surface area (Å²) in [6.07, 6.45) is 37.1. The SMILES string of the molecule is CCCCCCCCCCCCCCCCCCCCCCCCCCCCCCC(=O)OCC(O)COP(=O)(O)OCCN. The highest BCUT2D eigenvalue weighted by Gasteiger charge is 2.22. The quantitative estimate of drug-likeness (QED) is 0.0340. The summed E-state index contributed by atoms with van der Waals surface area (Å²) in [6, 6.07) is 0. The van der Waals surface area contributed by atoms with E-state index in [0.29, 0.717) is 6.42 Å². The number of unbranched alkanes of at least 4 members (excludes halogenated alkanes) is 27. The number of hydrogen-bond acceptors (Lipinski definition) is 7. The van der Waals surface area contributed by atoms with E-state index < -0.39 is 20.5 Å². The zero-order valence-electron chi connectivity index (χ0n) is 29.4. The van der Waals surface area contributed by atoms with Crippen LogP contribution in [0.25, 0.3) is 0 Å². The van der Waals surface area contributed by atoms with Crippen LogP contribution in [0.15, 0.2) is 0 Å². The van der Waals surface area contributed by atoms with Crippen LogP contribution in [-0.4, -0.2) is 48.4 Å². The lowest BCUT2D eigenvalue weighted by Gasteiger charge is -2.15. The largest absolute Gasteiger partial charge is 0.472 e. The normalized spacial score (nSPS) is 13.6. The van der Waals surface area contributed by atoms with Gasteiger partial charge < -0.3 is 20.5 Å². The second-order valence-corrected chi connectivity index (χ2v) is 14.5. The van der Waals surface area contributed by atoms with Crippen LogP contribution in [0.4, 0.5) is 0 Å². The molecule has 0 aliphatic rings. The zero-order valence-corrected chi connectivity index (χ0v) is 30.3. The van der Waals surface area contributed by atoms with Crippen molar-refractivity contribution in [2.24, 2.45) is 5.73 Å². The number of carbonyl (C=O) groups is 1. The fourth-order valence-corrected chi connectivity index (χ4v) is 6.40. The molecule has 9 heteroatoms. The molecular weight excluding hydrogens is 589 g/mol. The summed E-state index contributed by atoms with van der Waals surface area (Å²) in [6.45, 7) is 1.49. The first kappa shape index (κ1) is 44.5. The van der Waals surface area contributed by atoms with Gasteiger partial charge in [-0.15, -0.1) is 0 Å². The molecule has 4 N–H and O–H groups in total. The zero-order chi connectivity index (χ0) is 33.1. The molecular formula is C36H74NO7P. The summed E-state index contributed by atoms with van der Waals surface area (Å²) in [7, 11) is -4.25. The third kappa shape index (κ3) is 36.2. The van der Waals surface area contributed by atoms with Gasteiger partial charge >= 0.3 is 13.8 Å². The maximum Gasteiger partial charge on any atom is 0.472 e. The fourth-order valence-electron chi connectivity index (χ4n) is 5.63. The summed E-state index contributed by atoms with van der Waals surface area (Å²) < 4.78 is 25.7. The molecule has 0 rings (SSSR count). The van der Waals surface area contributed by atoms with Crippen molar-refractivity contribution in [1.82, 2.24) is 0 Å². The predicted octanol–water partition coefficient (Wildman–Crippen LogP) is 10.3. The molecule has 0 aromatic heterocycles. The Bertz CT molecular complexity index is 667. The number of ether oxygens (including phenoxy) is 1. The van der Waals surface area contributed by atoms with Crippen molar-refractivity contribution < 1.29 is 33.1 Å². The number of rotatable bonds is 37. The molecule has 2 atom stereocenters. The summed E-state index contributed by atoms with van der Waals surface area (Å²) in [5, 5.41) is 9.75.